The molecule has 2 amide bonds. The first-order valence-electron chi connectivity index (χ1n) is 8.48. The van der Waals surface area contributed by atoms with Gasteiger partial charge in [0.1, 0.15) is 16.9 Å². The molecule has 0 aliphatic rings. The summed E-state index contributed by atoms with van der Waals surface area (Å²) in [6.45, 7) is 0. The van der Waals surface area contributed by atoms with Crippen LogP contribution in [0.25, 0.3) is 21.8 Å². The Balaban J connectivity index is 1.57. The number of aromatic amines is 2. The van der Waals surface area contributed by atoms with Gasteiger partial charge in [0.05, 0.1) is 0 Å². The van der Waals surface area contributed by atoms with Crippen molar-refractivity contribution >= 4 is 33.6 Å². The highest BCUT2D eigenvalue weighted by molar-refractivity contribution is 6.01. The van der Waals surface area contributed by atoms with E-state index in [2.05, 4.69) is 20.8 Å². The second-order valence-corrected chi connectivity index (χ2v) is 6.21. The van der Waals surface area contributed by atoms with E-state index in [-0.39, 0.29) is 16.5 Å². The van der Waals surface area contributed by atoms with Gasteiger partial charge in [-0.1, -0.05) is 12.1 Å². The molecule has 144 valence electrons. The number of carbonyl (C=O) groups excluding carboxylic acids is 2. The van der Waals surface area contributed by atoms with Gasteiger partial charge in [-0.15, -0.1) is 0 Å². The normalized spacial score (nSPS) is 10.8. The van der Waals surface area contributed by atoms with Crippen LogP contribution in [0, 0.1) is 5.82 Å². The van der Waals surface area contributed by atoms with E-state index in [0.29, 0.717) is 16.4 Å². The van der Waals surface area contributed by atoms with Gasteiger partial charge in [-0.2, -0.15) is 0 Å². The van der Waals surface area contributed by atoms with Crippen molar-refractivity contribution in [3.8, 4) is 0 Å². The molecule has 0 spiro atoms. The first-order valence-corrected chi connectivity index (χ1v) is 8.48. The predicted octanol–water partition coefficient (Wildman–Crippen LogP) is 1.58. The lowest BCUT2D eigenvalue weighted by atomic mass is 10.1. The molecular formula is C20H13FN4O4. The number of hydrogen-bond donors (Lipinski definition) is 4. The Hall–Kier alpha value is -4.27. The number of benzene rings is 2. The van der Waals surface area contributed by atoms with E-state index in [1.165, 1.54) is 18.3 Å². The first kappa shape index (κ1) is 18.1. The number of fused-ring (bicyclic) bond motifs is 2. The van der Waals surface area contributed by atoms with Crippen molar-refractivity contribution in [3.63, 3.8) is 0 Å². The number of halogens is 1. The van der Waals surface area contributed by atoms with Gasteiger partial charge >= 0.3 is 0 Å². The summed E-state index contributed by atoms with van der Waals surface area (Å²) in [6.07, 6.45) is 2.39. The van der Waals surface area contributed by atoms with Crippen LogP contribution in [0.3, 0.4) is 0 Å². The predicted molar refractivity (Wildman–Crippen MR) is 104 cm³/mol. The molecule has 9 heteroatoms. The Morgan fingerprint density at radius 2 is 1.31 bits per heavy atom. The van der Waals surface area contributed by atoms with Crippen molar-refractivity contribution in [2.45, 2.75) is 0 Å². The maximum atomic E-state index is 13.4. The van der Waals surface area contributed by atoms with Crippen molar-refractivity contribution in [2.75, 3.05) is 0 Å². The Kier molecular flexibility index (Phi) is 4.40. The first-order chi connectivity index (χ1) is 14.0. The molecule has 4 rings (SSSR count). The number of para-hydroxylation sites is 1. The second-order valence-electron chi connectivity index (χ2n) is 6.21. The van der Waals surface area contributed by atoms with Gasteiger partial charge in [0.2, 0.25) is 10.9 Å². The molecule has 4 N–H and O–H groups in total. The molecule has 8 nitrogen and oxygen atoms in total. The van der Waals surface area contributed by atoms with E-state index in [0.717, 1.165) is 12.3 Å². The standard InChI is InChI=1S/C20H13FN4O4/c21-10-5-6-16-12(7-10)18(27)14(9-23-16)20(29)25-24-19(28)13-8-22-15-4-2-1-3-11(15)17(13)26/h1-9H,(H,22,26)(H,23,27)(H,24,28)(H,25,29). The lowest BCUT2D eigenvalue weighted by Crippen LogP contribution is -2.44. The minimum absolute atomic E-state index is 0.00468. The van der Waals surface area contributed by atoms with Crippen molar-refractivity contribution < 1.29 is 14.0 Å². The highest BCUT2D eigenvalue weighted by atomic mass is 19.1. The van der Waals surface area contributed by atoms with Crippen LogP contribution in [0.4, 0.5) is 4.39 Å². The summed E-state index contributed by atoms with van der Waals surface area (Å²) in [7, 11) is 0. The van der Waals surface area contributed by atoms with Gasteiger partial charge in [-0.05, 0) is 30.3 Å². The number of hydrogen-bond acceptors (Lipinski definition) is 4. The monoisotopic (exact) mass is 392 g/mol. The zero-order valence-electron chi connectivity index (χ0n) is 14.7. The number of hydrazine groups is 1. The number of carbonyl (C=O) groups is 2. The average Bonchev–Trinajstić information content (AvgIpc) is 2.73. The van der Waals surface area contributed by atoms with Gasteiger partial charge in [0, 0.05) is 34.2 Å². The van der Waals surface area contributed by atoms with Crippen LogP contribution in [0.5, 0.6) is 0 Å². The van der Waals surface area contributed by atoms with E-state index in [1.54, 1.807) is 24.3 Å². The molecule has 0 unspecified atom stereocenters. The summed E-state index contributed by atoms with van der Waals surface area (Å²) in [5, 5.41) is 0.314. The fourth-order valence-corrected chi connectivity index (χ4v) is 2.94. The number of rotatable bonds is 2. The molecule has 2 aromatic carbocycles. The third-order valence-electron chi connectivity index (χ3n) is 4.41. The zero-order valence-corrected chi connectivity index (χ0v) is 14.7. The van der Waals surface area contributed by atoms with E-state index in [9.17, 15) is 23.6 Å². The Morgan fingerprint density at radius 3 is 1.97 bits per heavy atom. The third kappa shape index (κ3) is 3.25. The maximum Gasteiger partial charge on any atom is 0.275 e. The maximum absolute atomic E-state index is 13.4. The van der Waals surface area contributed by atoms with Crippen LogP contribution in [0.15, 0.2) is 64.4 Å². The smallest absolute Gasteiger partial charge is 0.275 e. The van der Waals surface area contributed by atoms with Crippen LogP contribution < -0.4 is 21.7 Å². The summed E-state index contributed by atoms with van der Waals surface area (Å²) in [5.74, 6) is -2.39. The van der Waals surface area contributed by atoms with E-state index in [4.69, 9.17) is 0 Å². The molecule has 0 bridgehead atoms. The molecule has 0 saturated heterocycles. The second kappa shape index (κ2) is 7.04. The SMILES string of the molecule is O=C(NNC(=O)c1c[nH]c2ccc(F)cc2c1=O)c1c[nH]c2ccccc2c1=O. The molecule has 0 aliphatic carbocycles. The Morgan fingerprint density at radius 1 is 0.759 bits per heavy atom. The minimum Gasteiger partial charge on any atom is -0.360 e. The van der Waals surface area contributed by atoms with Crippen LogP contribution >= 0.6 is 0 Å². The lowest BCUT2D eigenvalue weighted by Gasteiger charge is -2.08. The number of aromatic nitrogens is 2. The van der Waals surface area contributed by atoms with Crippen molar-refractivity contribution in [1.82, 2.24) is 20.8 Å². The molecule has 0 radical (unpaired) electrons. The average molecular weight is 392 g/mol. The summed E-state index contributed by atoms with van der Waals surface area (Å²) in [4.78, 5) is 55.0. The number of nitrogens with one attached hydrogen (secondary N) is 4. The highest BCUT2D eigenvalue weighted by Crippen LogP contribution is 2.10. The van der Waals surface area contributed by atoms with E-state index < -0.39 is 28.5 Å². The van der Waals surface area contributed by atoms with Gasteiger partial charge in [-0.25, -0.2) is 4.39 Å². The van der Waals surface area contributed by atoms with Gasteiger partial charge in [0.25, 0.3) is 11.8 Å². The molecule has 4 aromatic rings. The Bertz CT molecular complexity index is 1410. The summed E-state index contributed by atoms with van der Waals surface area (Å²) >= 11 is 0. The zero-order chi connectivity index (χ0) is 20.5. The van der Waals surface area contributed by atoms with E-state index >= 15 is 0 Å². The number of H-pyrrole nitrogens is 2. The molecule has 0 fully saturated rings. The fourth-order valence-electron chi connectivity index (χ4n) is 2.94. The Labute approximate surface area is 161 Å². The summed E-state index contributed by atoms with van der Waals surface area (Å²) in [5.41, 5.74) is 3.37. The van der Waals surface area contributed by atoms with Crippen molar-refractivity contribution in [2.24, 2.45) is 0 Å². The molecule has 29 heavy (non-hydrogen) atoms. The topological polar surface area (TPSA) is 124 Å². The molecular weight excluding hydrogens is 379 g/mol. The molecule has 2 heterocycles. The largest absolute Gasteiger partial charge is 0.360 e. The van der Waals surface area contributed by atoms with Gasteiger partial charge in [-0.3, -0.25) is 30.0 Å². The lowest BCUT2D eigenvalue weighted by molar-refractivity contribution is 0.0845. The highest BCUT2D eigenvalue weighted by Gasteiger charge is 2.17. The van der Waals surface area contributed by atoms with Crippen molar-refractivity contribution in [3.05, 3.63) is 92.2 Å². The molecule has 2 aromatic heterocycles. The van der Waals surface area contributed by atoms with Gasteiger partial charge in [0.15, 0.2) is 0 Å². The van der Waals surface area contributed by atoms with Crippen LogP contribution in [-0.4, -0.2) is 21.8 Å². The number of pyridine rings is 2. The summed E-state index contributed by atoms with van der Waals surface area (Å²) in [6, 6.07) is 10.2. The van der Waals surface area contributed by atoms with Crippen LogP contribution in [0.2, 0.25) is 0 Å². The fraction of sp³-hybridized carbons (Fsp3) is 0. The van der Waals surface area contributed by atoms with Gasteiger partial charge < -0.3 is 9.97 Å². The summed E-state index contributed by atoms with van der Waals surface area (Å²) < 4.78 is 13.4. The molecule has 0 saturated carbocycles. The van der Waals surface area contributed by atoms with Crippen LogP contribution in [0.1, 0.15) is 20.7 Å². The van der Waals surface area contributed by atoms with Crippen molar-refractivity contribution in [1.29, 1.82) is 0 Å². The molecule has 0 atom stereocenters. The van der Waals surface area contributed by atoms with Crippen LogP contribution in [-0.2, 0) is 0 Å². The number of amides is 2. The quantitative estimate of drug-likeness (QED) is 0.387. The minimum atomic E-state index is -0.914. The van der Waals surface area contributed by atoms with E-state index in [1.807, 2.05) is 0 Å². The third-order valence-corrected chi connectivity index (χ3v) is 4.41. The molecule has 0 aliphatic heterocycles.